The van der Waals surface area contributed by atoms with E-state index in [0.29, 0.717) is 45.2 Å². The van der Waals surface area contributed by atoms with Crippen LogP contribution in [0.2, 0.25) is 0 Å². The second-order valence-corrected chi connectivity index (χ2v) is 13.0. The number of pyridine rings is 1. The van der Waals surface area contributed by atoms with Gasteiger partial charge in [0.1, 0.15) is 16.5 Å². The Labute approximate surface area is 286 Å². The van der Waals surface area contributed by atoms with Gasteiger partial charge in [-0.2, -0.15) is 0 Å². The summed E-state index contributed by atoms with van der Waals surface area (Å²) in [6.07, 6.45) is 1.41. The molecule has 0 bridgehead atoms. The first-order chi connectivity index (χ1) is 23.6. The van der Waals surface area contributed by atoms with E-state index in [1.165, 1.54) is 40.6 Å². The van der Waals surface area contributed by atoms with Crippen LogP contribution in [0.25, 0.3) is 20.7 Å². The number of hydrogen-bond acceptors (Lipinski definition) is 5. The third kappa shape index (κ3) is 7.06. The summed E-state index contributed by atoms with van der Waals surface area (Å²) < 4.78 is 31.7. The maximum atomic E-state index is 15.1. The van der Waals surface area contributed by atoms with Crippen LogP contribution in [-0.2, 0) is 19.6 Å². The summed E-state index contributed by atoms with van der Waals surface area (Å²) in [6.45, 7) is 0.600. The molecule has 0 saturated heterocycles. The number of para-hydroxylation sites is 1. The Morgan fingerprint density at radius 2 is 1.41 bits per heavy atom. The molecule has 2 heterocycles. The standard InChI is InChI=1S/C39H34F2N4O3S/c1-43(2)39(48)42-33-20-11-10-17-27(33)37-29(22-44(3)21-25-13-6-4-7-14-25)34-36(47)30(35(46)26-15-8-5-9-16-26)24-45(38(34)49-37)23-28-31(40)18-12-19-32(28)41/h4-20,24H,21-23H2,1-3H3,(H,42,48). The quantitative estimate of drug-likeness (QED) is 0.149. The number of anilines is 1. The highest BCUT2D eigenvalue weighted by Gasteiger charge is 2.26. The van der Waals surface area contributed by atoms with Gasteiger partial charge in [0.25, 0.3) is 0 Å². The predicted molar refractivity (Wildman–Crippen MR) is 191 cm³/mol. The molecule has 0 radical (unpaired) electrons. The molecule has 10 heteroatoms. The van der Waals surface area contributed by atoms with Crippen LogP contribution in [0.15, 0.2) is 114 Å². The molecule has 2 aromatic heterocycles. The number of rotatable bonds is 10. The van der Waals surface area contributed by atoms with Gasteiger partial charge < -0.3 is 14.8 Å². The van der Waals surface area contributed by atoms with Crippen LogP contribution in [0.3, 0.4) is 0 Å². The number of carbonyl (C=O) groups is 2. The minimum Gasteiger partial charge on any atom is -0.334 e. The monoisotopic (exact) mass is 676 g/mol. The van der Waals surface area contributed by atoms with Crippen LogP contribution in [0.1, 0.15) is 32.6 Å². The third-order valence-electron chi connectivity index (χ3n) is 8.22. The second-order valence-electron chi connectivity index (χ2n) is 12.0. The molecular formula is C39H34F2N4O3S. The lowest BCUT2D eigenvalue weighted by atomic mass is 10.00. The average Bonchev–Trinajstić information content (AvgIpc) is 3.47. The van der Waals surface area contributed by atoms with Gasteiger partial charge >= 0.3 is 6.03 Å². The van der Waals surface area contributed by atoms with Crippen LogP contribution >= 0.6 is 11.3 Å². The number of amides is 2. The van der Waals surface area contributed by atoms with E-state index in [1.54, 1.807) is 61.1 Å². The maximum Gasteiger partial charge on any atom is 0.321 e. The Balaban J connectivity index is 1.62. The SMILES string of the molecule is CN(Cc1ccccc1)Cc1c(-c2ccccc2NC(=O)N(C)C)sc2c1c(=O)c(C(=O)c1ccccc1)cn2Cc1c(F)cccc1F. The van der Waals surface area contributed by atoms with Crippen molar-refractivity contribution < 1.29 is 18.4 Å². The van der Waals surface area contributed by atoms with E-state index in [2.05, 4.69) is 10.2 Å². The molecule has 0 aliphatic rings. The Bertz CT molecular complexity index is 2200. The molecule has 6 aromatic rings. The molecular weight excluding hydrogens is 643 g/mol. The van der Waals surface area contributed by atoms with Crippen molar-refractivity contribution in [2.24, 2.45) is 0 Å². The number of urea groups is 1. The van der Waals surface area contributed by atoms with Crippen LogP contribution in [-0.4, -0.2) is 47.3 Å². The van der Waals surface area contributed by atoms with Crippen LogP contribution in [0.4, 0.5) is 19.3 Å². The fraction of sp³-hybridized carbons (Fsp3) is 0.154. The molecule has 2 amide bonds. The fourth-order valence-electron chi connectivity index (χ4n) is 5.78. The molecule has 7 nitrogen and oxygen atoms in total. The number of benzene rings is 4. The first kappa shape index (κ1) is 33.5. The maximum absolute atomic E-state index is 15.1. The summed E-state index contributed by atoms with van der Waals surface area (Å²) >= 11 is 1.28. The summed E-state index contributed by atoms with van der Waals surface area (Å²) in [4.78, 5) is 45.9. The zero-order chi connectivity index (χ0) is 34.7. The van der Waals surface area contributed by atoms with Gasteiger partial charge in [-0.25, -0.2) is 13.6 Å². The highest BCUT2D eigenvalue weighted by atomic mass is 32.1. The molecule has 248 valence electrons. The predicted octanol–water partition coefficient (Wildman–Crippen LogP) is 8.01. The largest absolute Gasteiger partial charge is 0.334 e. The van der Waals surface area contributed by atoms with Crippen molar-refractivity contribution in [1.29, 1.82) is 0 Å². The lowest BCUT2D eigenvalue weighted by molar-refractivity contribution is 0.103. The summed E-state index contributed by atoms with van der Waals surface area (Å²) in [5.41, 5.74) is 2.44. The van der Waals surface area contributed by atoms with Gasteiger partial charge in [0.05, 0.1) is 23.2 Å². The van der Waals surface area contributed by atoms with E-state index in [4.69, 9.17) is 0 Å². The molecule has 0 aliphatic carbocycles. The number of hydrogen-bond donors (Lipinski definition) is 1. The van der Waals surface area contributed by atoms with E-state index in [-0.39, 0.29) is 29.1 Å². The zero-order valence-electron chi connectivity index (χ0n) is 27.2. The Kier molecular flexibility index (Phi) is 9.80. The molecule has 0 saturated carbocycles. The van der Waals surface area contributed by atoms with Gasteiger partial charge in [0.15, 0.2) is 5.78 Å². The van der Waals surface area contributed by atoms with Crippen molar-refractivity contribution in [3.8, 4) is 10.4 Å². The molecule has 4 aromatic carbocycles. The fourth-order valence-corrected chi connectivity index (χ4v) is 7.10. The molecule has 6 rings (SSSR count). The first-order valence-electron chi connectivity index (χ1n) is 15.6. The molecule has 0 unspecified atom stereocenters. The molecule has 49 heavy (non-hydrogen) atoms. The topological polar surface area (TPSA) is 74.7 Å². The molecule has 0 aliphatic heterocycles. The van der Waals surface area contributed by atoms with Crippen molar-refractivity contribution in [3.05, 3.63) is 159 Å². The number of carbonyl (C=O) groups excluding carboxylic acids is 2. The van der Waals surface area contributed by atoms with Gasteiger partial charge in [0.2, 0.25) is 5.43 Å². The van der Waals surface area contributed by atoms with Crippen molar-refractivity contribution in [2.45, 2.75) is 19.6 Å². The van der Waals surface area contributed by atoms with Crippen molar-refractivity contribution in [2.75, 3.05) is 26.5 Å². The molecule has 0 fully saturated rings. The van der Waals surface area contributed by atoms with E-state index < -0.39 is 22.8 Å². The number of halogens is 2. The molecule has 1 N–H and O–H groups in total. The first-order valence-corrected chi connectivity index (χ1v) is 16.5. The van der Waals surface area contributed by atoms with Crippen molar-refractivity contribution in [3.63, 3.8) is 0 Å². The van der Waals surface area contributed by atoms with E-state index in [9.17, 15) is 14.4 Å². The summed E-state index contributed by atoms with van der Waals surface area (Å²) in [6, 6.07) is 29.0. The normalized spacial score (nSPS) is 11.2. The number of fused-ring (bicyclic) bond motifs is 1. The summed E-state index contributed by atoms with van der Waals surface area (Å²) in [5, 5.41) is 3.23. The van der Waals surface area contributed by atoms with E-state index in [1.807, 2.05) is 49.5 Å². The molecule has 0 atom stereocenters. The summed E-state index contributed by atoms with van der Waals surface area (Å²) in [7, 11) is 5.22. The zero-order valence-corrected chi connectivity index (χ0v) is 28.1. The number of nitrogens with zero attached hydrogens (tertiary/aromatic N) is 3. The number of aromatic nitrogens is 1. The lowest BCUT2D eigenvalue weighted by Gasteiger charge is -2.19. The van der Waals surface area contributed by atoms with Crippen molar-refractivity contribution in [1.82, 2.24) is 14.4 Å². The highest BCUT2D eigenvalue weighted by Crippen LogP contribution is 2.42. The van der Waals surface area contributed by atoms with Gasteiger partial charge in [-0.05, 0) is 36.4 Å². The second kappa shape index (κ2) is 14.3. The minimum absolute atomic E-state index is 0.110. The van der Waals surface area contributed by atoms with Crippen LogP contribution in [0, 0.1) is 11.6 Å². The Hall–Kier alpha value is -5.45. The summed E-state index contributed by atoms with van der Waals surface area (Å²) in [5.74, 6) is -1.97. The van der Waals surface area contributed by atoms with E-state index in [0.717, 1.165) is 5.56 Å². The minimum atomic E-state index is -0.737. The number of ketones is 1. The van der Waals surface area contributed by atoms with Gasteiger partial charge in [-0.15, -0.1) is 11.3 Å². The van der Waals surface area contributed by atoms with Crippen LogP contribution < -0.4 is 10.7 Å². The highest BCUT2D eigenvalue weighted by molar-refractivity contribution is 7.22. The van der Waals surface area contributed by atoms with Crippen LogP contribution in [0.5, 0.6) is 0 Å². The third-order valence-corrected chi connectivity index (χ3v) is 9.52. The van der Waals surface area contributed by atoms with Gasteiger partial charge in [-0.3, -0.25) is 14.5 Å². The average molecular weight is 677 g/mol. The Morgan fingerprint density at radius 1 is 0.776 bits per heavy atom. The Morgan fingerprint density at radius 3 is 2.08 bits per heavy atom. The molecule has 0 spiro atoms. The van der Waals surface area contributed by atoms with E-state index >= 15 is 8.78 Å². The number of nitrogens with one attached hydrogen (secondary N) is 1. The van der Waals surface area contributed by atoms with Crippen molar-refractivity contribution >= 4 is 39.1 Å². The van der Waals surface area contributed by atoms with Gasteiger partial charge in [-0.1, -0.05) is 84.9 Å². The number of thiophene rings is 1. The lowest BCUT2D eigenvalue weighted by Crippen LogP contribution is -2.27. The van der Waals surface area contributed by atoms with Gasteiger partial charge in [0, 0.05) is 54.9 Å². The smallest absolute Gasteiger partial charge is 0.321 e.